The Morgan fingerprint density at radius 3 is 2.46 bits per heavy atom. The zero-order valence-electron chi connectivity index (χ0n) is 14.6. The molecule has 0 spiro atoms. The van der Waals surface area contributed by atoms with Gasteiger partial charge in [-0.2, -0.15) is 0 Å². The van der Waals surface area contributed by atoms with E-state index in [1.54, 1.807) is 60.9 Å². The lowest BCUT2D eigenvalue weighted by molar-refractivity contribution is -0.140. The number of nitrogens with zero attached hydrogens (tertiary/aromatic N) is 2. The third kappa shape index (κ3) is 3.18. The molecular formula is C21H15ClN2O4. The number of carbonyl (C=O) groups is 2. The Morgan fingerprint density at radius 2 is 1.82 bits per heavy atom. The number of carbonyl (C=O) groups excluding carboxylic acids is 2. The molecule has 1 unspecified atom stereocenters. The molecule has 1 amide bonds. The zero-order valence-corrected chi connectivity index (χ0v) is 15.3. The SMILES string of the molecule is O=C1C(=O)N(Cc2ccco2)C(c2ccncc2)/C1=C(/O)c1ccc(Cl)cc1. The van der Waals surface area contributed by atoms with Crippen molar-refractivity contribution in [2.75, 3.05) is 0 Å². The number of furan rings is 1. The van der Waals surface area contributed by atoms with E-state index in [9.17, 15) is 14.7 Å². The summed E-state index contributed by atoms with van der Waals surface area (Å²) in [6.45, 7) is 0.0992. The van der Waals surface area contributed by atoms with Gasteiger partial charge in [-0.05, 0) is 54.1 Å². The van der Waals surface area contributed by atoms with Gasteiger partial charge < -0.3 is 14.4 Å². The minimum Gasteiger partial charge on any atom is -0.507 e. The largest absolute Gasteiger partial charge is 0.507 e. The highest BCUT2D eigenvalue weighted by Gasteiger charge is 2.46. The number of likely N-dealkylation sites (tertiary alicyclic amines) is 1. The number of rotatable bonds is 4. The summed E-state index contributed by atoms with van der Waals surface area (Å²) in [7, 11) is 0. The molecule has 0 saturated carbocycles. The van der Waals surface area contributed by atoms with E-state index in [4.69, 9.17) is 16.0 Å². The molecule has 4 rings (SSSR count). The highest BCUT2D eigenvalue weighted by molar-refractivity contribution is 6.46. The van der Waals surface area contributed by atoms with Gasteiger partial charge in [-0.3, -0.25) is 14.6 Å². The standard InChI is InChI=1S/C21H15ClN2O4/c22-15-5-3-14(4-6-15)19(25)17-18(13-7-9-23-10-8-13)24(21(27)20(17)26)12-16-2-1-11-28-16/h1-11,18,25H,12H2/b19-17-. The molecule has 2 aromatic heterocycles. The highest BCUT2D eigenvalue weighted by Crippen LogP contribution is 2.40. The van der Waals surface area contributed by atoms with Gasteiger partial charge >= 0.3 is 0 Å². The average Bonchev–Trinajstić information content (AvgIpc) is 3.31. The third-order valence-corrected chi connectivity index (χ3v) is 4.84. The summed E-state index contributed by atoms with van der Waals surface area (Å²) >= 11 is 5.91. The lowest BCUT2D eigenvalue weighted by Gasteiger charge is -2.24. The Bertz CT molecular complexity index is 1040. The Morgan fingerprint density at radius 1 is 1.11 bits per heavy atom. The second kappa shape index (κ2) is 7.32. The van der Waals surface area contributed by atoms with Crippen molar-refractivity contribution in [3.8, 4) is 0 Å². The fourth-order valence-electron chi connectivity index (χ4n) is 3.27. The first kappa shape index (κ1) is 18.0. The minimum absolute atomic E-state index is 0.0186. The summed E-state index contributed by atoms with van der Waals surface area (Å²) in [6, 6.07) is 12.5. The van der Waals surface area contributed by atoms with Crippen LogP contribution in [0.3, 0.4) is 0 Å². The molecule has 1 aromatic carbocycles. The molecule has 0 radical (unpaired) electrons. The molecule has 0 aliphatic carbocycles. The third-order valence-electron chi connectivity index (χ3n) is 4.59. The van der Waals surface area contributed by atoms with Crippen LogP contribution in [0.1, 0.15) is 22.9 Å². The molecule has 0 bridgehead atoms. The molecule has 6 nitrogen and oxygen atoms in total. The lowest BCUT2D eigenvalue weighted by atomic mass is 9.96. The van der Waals surface area contributed by atoms with Gasteiger partial charge in [0.15, 0.2) is 0 Å². The number of benzene rings is 1. The first-order valence-corrected chi connectivity index (χ1v) is 8.90. The zero-order chi connectivity index (χ0) is 19.7. The second-order valence-electron chi connectivity index (χ2n) is 6.29. The number of aliphatic hydroxyl groups excluding tert-OH is 1. The van der Waals surface area contributed by atoms with E-state index in [1.807, 2.05) is 0 Å². The van der Waals surface area contributed by atoms with Gasteiger partial charge in [0.25, 0.3) is 11.7 Å². The number of hydrogen-bond acceptors (Lipinski definition) is 5. The van der Waals surface area contributed by atoms with Crippen LogP contribution in [0.5, 0.6) is 0 Å². The lowest BCUT2D eigenvalue weighted by Crippen LogP contribution is -2.29. The first-order chi connectivity index (χ1) is 13.6. The average molecular weight is 395 g/mol. The predicted octanol–water partition coefficient (Wildman–Crippen LogP) is 3.95. The molecule has 3 aromatic rings. The van der Waals surface area contributed by atoms with Crippen LogP contribution in [0.2, 0.25) is 5.02 Å². The normalized spacial score (nSPS) is 18.6. The van der Waals surface area contributed by atoms with Gasteiger partial charge in [0.1, 0.15) is 11.5 Å². The van der Waals surface area contributed by atoms with Crippen LogP contribution in [0.25, 0.3) is 5.76 Å². The monoisotopic (exact) mass is 394 g/mol. The number of pyridine rings is 1. The number of aliphatic hydroxyl groups is 1. The van der Waals surface area contributed by atoms with E-state index < -0.39 is 17.7 Å². The maximum Gasteiger partial charge on any atom is 0.296 e. The van der Waals surface area contributed by atoms with Gasteiger partial charge in [0, 0.05) is 23.0 Å². The van der Waals surface area contributed by atoms with E-state index >= 15 is 0 Å². The van der Waals surface area contributed by atoms with Crippen molar-refractivity contribution in [3.05, 3.63) is 94.7 Å². The van der Waals surface area contributed by atoms with Crippen LogP contribution in [0.15, 0.2) is 77.2 Å². The Hall–Kier alpha value is -3.38. The fourth-order valence-corrected chi connectivity index (χ4v) is 3.40. The second-order valence-corrected chi connectivity index (χ2v) is 6.73. The minimum atomic E-state index is -0.760. The van der Waals surface area contributed by atoms with Crippen molar-refractivity contribution in [1.82, 2.24) is 9.88 Å². The summed E-state index contributed by atoms with van der Waals surface area (Å²) in [4.78, 5) is 31.0. The molecule has 1 aliphatic heterocycles. The maximum atomic E-state index is 12.8. The molecule has 3 heterocycles. The molecule has 7 heteroatoms. The molecular weight excluding hydrogens is 380 g/mol. The highest BCUT2D eigenvalue weighted by atomic mass is 35.5. The van der Waals surface area contributed by atoms with Gasteiger partial charge in [-0.15, -0.1) is 0 Å². The first-order valence-electron chi connectivity index (χ1n) is 8.53. The van der Waals surface area contributed by atoms with Gasteiger partial charge in [0.2, 0.25) is 0 Å². The number of halogens is 1. The van der Waals surface area contributed by atoms with E-state index in [-0.39, 0.29) is 17.9 Å². The fraction of sp³-hybridized carbons (Fsp3) is 0.0952. The van der Waals surface area contributed by atoms with Crippen molar-refractivity contribution in [2.24, 2.45) is 0 Å². The number of hydrogen-bond donors (Lipinski definition) is 1. The maximum absolute atomic E-state index is 12.8. The number of aromatic nitrogens is 1. The van der Waals surface area contributed by atoms with E-state index in [1.165, 1.54) is 11.2 Å². The van der Waals surface area contributed by atoms with Gasteiger partial charge in [0.05, 0.1) is 24.4 Å². The van der Waals surface area contributed by atoms with Gasteiger partial charge in [-0.25, -0.2) is 0 Å². The van der Waals surface area contributed by atoms with Crippen molar-refractivity contribution < 1.29 is 19.1 Å². The summed E-state index contributed by atoms with van der Waals surface area (Å²) < 4.78 is 5.35. The van der Waals surface area contributed by atoms with Crippen molar-refractivity contribution >= 4 is 29.1 Å². The topological polar surface area (TPSA) is 83.6 Å². The van der Waals surface area contributed by atoms with Crippen LogP contribution in [0, 0.1) is 0 Å². The van der Waals surface area contributed by atoms with Gasteiger partial charge in [-0.1, -0.05) is 11.6 Å². The predicted molar refractivity (Wildman–Crippen MR) is 102 cm³/mol. The Labute approximate surface area is 165 Å². The van der Waals surface area contributed by atoms with Crippen molar-refractivity contribution in [1.29, 1.82) is 0 Å². The van der Waals surface area contributed by atoms with Crippen LogP contribution < -0.4 is 0 Å². The Balaban J connectivity index is 1.85. The van der Waals surface area contributed by atoms with E-state index in [2.05, 4.69) is 4.98 Å². The molecule has 1 atom stereocenters. The quantitative estimate of drug-likeness (QED) is 0.411. The van der Waals surface area contributed by atoms with Crippen molar-refractivity contribution in [3.63, 3.8) is 0 Å². The molecule has 1 fully saturated rings. The van der Waals surface area contributed by atoms with E-state index in [0.29, 0.717) is 21.9 Å². The molecule has 140 valence electrons. The number of Topliss-reactive ketones (excluding diaryl/α,β-unsaturated/α-hetero) is 1. The summed E-state index contributed by atoms with van der Waals surface area (Å²) in [5.74, 6) is -1.17. The smallest absolute Gasteiger partial charge is 0.296 e. The van der Waals surface area contributed by atoms with Crippen LogP contribution in [-0.4, -0.2) is 26.7 Å². The molecule has 1 N–H and O–H groups in total. The van der Waals surface area contributed by atoms with Crippen LogP contribution in [0.4, 0.5) is 0 Å². The molecule has 1 aliphatic rings. The van der Waals surface area contributed by atoms with Crippen LogP contribution in [-0.2, 0) is 16.1 Å². The van der Waals surface area contributed by atoms with Crippen LogP contribution >= 0.6 is 11.6 Å². The number of amides is 1. The molecule has 1 saturated heterocycles. The number of ketones is 1. The summed E-state index contributed by atoms with van der Waals surface area (Å²) in [5.41, 5.74) is 1.08. The molecule has 28 heavy (non-hydrogen) atoms. The van der Waals surface area contributed by atoms with E-state index in [0.717, 1.165) is 0 Å². The van der Waals surface area contributed by atoms with Crippen molar-refractivity contribution in [2.45, 2.75) is 12.6 Å². The summed E-state index contributed by atoms with van der Waals surface area (Å²) in [5, 5.41) is 11.4. The Kier molecular flexibility index (Phi) is 4.71. The summed E-state index contributed by atoms with van der Waals surface area (Å²) in [6.07, 6.45) is 4.65.